The number of halogens is 1. The molecule has 20 heavy (non-hydrogen) atoms. The van der Waals surface area contributed by atoms with Crippen molar-refractivity contribution in [3.63, 3.8) is 0 Å². The van der Waals surface area contributed by atoms with Gasteiger partial charge in [-0.25, -0.2) is 0 Å². The van der Waals surface area contributed by atoms with Crippen LogP contribution in [0.1, 0.15) is 43.5 Å². The Morgan fingerprint density at radius 1 is 1.35 bits per heavy atom. The Bertz CT molecular complexity index is 479. The minimum absolute atomic E-state index is 0.121. The van der Waals surface area contributed by atoms with E-state index in [2.05, 4.69) is 18.7 Å². The van der Waals surface area contributed by atoms with Gasteiger partial charge in [-0.05, 0) is 44.9 Å². The summed E-state index contributed by atoms with van der Waals surface area (Å²) in [5.41, 5.74) is 0.653. The van der Waals surface area contributed by atoms with Crippen LogP contribution in [0, 0.1) is 0 Å². The number of hydrogen-bond donors (Lipinski definition) is 0. The molecule has 0 radical (unpaired) electrons. The normalized spacial score (nSPS) is 23.6. The van der Waals surface area contributed by atoms with Gasteiger partial charge in [0.2, 0.25) is 0 Å². The number of carbonyl (C=O) groups is 1. The van der Waals surface area contributed by atoms with Crippen molar-refractivity contribution in [2.45, 2.75) is 45.2 Å². The van der Waals surface area contributed by atoms with Crippen LogP contribution in [0.2, 0.25) is 5.02 Å². The molecule has 0 bridgehead atoms. The fraction of sp³-hybridized carbons (Fsp3) is 0.562. The van der Waals surface area contributed by atoms with Gasteiger partial charge in [0.1, 0.15) is 5.75 Å². The minimum Gasteiger partial charge on any atom is -0.495 e. The van der Waals surface area contributed by atoms with Crippen molar-refractivity contribution in [1.82, 2.24) is 4.90 Å². The number of rotatable bonds is 4. The average molecular weight is 296 g/mol. The van der Waals surface area contributed by atoms with Gasteiger partial charge in [0.25, 0.3) is 0 Å². The molecule has 2 unspecified atom stereocenters. The van der Waals surface area contributed by atoms with Gasteiger partial charge in [-0.2, -0.15) is 0 Å². The monoisotopic (exact) mass is 295 g/mol. The number of benzene rings is 1. The van der Waals surface area contributed by atoms with Crippen LogP contribution < -0.4 is 4.74 Å². The number of carbonyl (C=O) groups excluding carboxylic acids is 1. The lowest BCUT2D eigenvalue weighted by Crippen LogP contribution is -2.46. The summed E-state index contributed by atoms with van der Waals surface area (Å²) in [5.74, 6) is 0.720. The van der Waals surface area contributed by atoms with Crippen LogP contribution in [0.4, 0.5) is 0 Å². The zero-order valence-electron chi connectivity index (χ0n) is 12.4. The second-order valence-corrected chi connectivity index (χ2v) is 5.98. The maximum absolute atomic E-state index is 12.4. The molecule has 1 saturated heterocycles. The molecule has 0 aliphatic carbocycles. The highest BCUT2D eigenvalue weighted by atomic mass is 35.5. The summed E-state index contributed by atoms with van der Waals surface area (Å²) in [4.78, 5) is 14.7. The molecule has 1 fully saturated rings. The van der Waals surface area contributed by atoms with E-state index in [0.717, 1.165) is 0 Å². The lowest BCUT2D eigenvalue weighted by atomic mass is 9.96. The molecule has 1 aromatic carbocycles. The van der Waals surface area contributed by atoms with Crippen molar-refractivity contribution < 1.29 is 9.53 Å². The van der Waals surface area contributed by atoms with Gasteiger partial charge in [0, 0.05) is 17.6 Å². The second kappa shape index (κ2) is 6.59. The van der Waals surface area contributed by atoms with Crippen LogP contribution >= 0.6 is 11.6 Å². The summed E-state index contributed by atoms with van der Waals surface area (Å²) >= 11 is 6.08. The van der Waals surface area contributed by atoms with E-state index < -0.39 is 0 Å². The van der Waals surface area contributed by atoms with Crippen LogP contribution in [0.25, 0.3) is 0 Å². The molecule has 0 aromatic heterocycles. The molecular weight excluding hydrogens is 274 g/mol. The van der Waals surface area contributed by atoms with E-state index in [0.29, 0.717) is 35.0 Å². The minimum atomic E-state index is 0.121. The van der Waals surface area contributed by atoms with Crippen molar-refractivity contribution in [3.8, 4) is 5.75 Å². The van der Waals surface area contributed by atoms with Crippen LogP contribution in [0.3, 0.4) is 0 Å². The van der Waals surface area contributed by atoms with Crippen molar-refractivity contribution in [1.29, 1.82) is 0 Å². The van der Waals surface area contributed by atoms with E-state index in [-0.39, 0.29) is 5.78 Å². The number of ketones is 1. The van der Waals surface area contributed by atoms with E-state index in [9.17, 15) is 4.79 Å². The van der Waals surface area contributed by atoms with Crippen molar-refractivity contribution >= 4 is 17.4 Å². The number of methoxy groups -OCH3 is 1. The summed E-state index contributed by atoms with van der Waals surface area (Å²) in [5, 5.41) is 0.484. The first-order valence-corrected chi connectivity index (χ1v) is 7.53. The van der Waals surface area contributed by atoms with Crippen molar-refractivity contribution in [3.05, 3.63) is 28.8 Å². The fourth-order valence-electron chi connectivity index (χ4n) is 2.88. The first-order chi connectivity index (χ1) is 9.52. The van der Waals surface area contributed by atoms with Gasteiger partial charge in [0.15, 0.2) is 5.78 Å². The van der Waals surface area contributed by atoms with Crippen molar-refractivity contribution in [2.75, 3.05) is 13.7 Å². The Morgan fingerprint density at radius 3 is 2.55 bits per heavy atom. The molecule has 2 rings (SSSR count). The van der Waals surface area contributed by atoms with Gasteiger partial charge >= 0.3 is 0 Å². The van der Waals surface area contributed by atoms with Crippen molar-refractivity contribution in [2.24, 2.45) is 0 Å². The molecule has 0 amide bonds. The molecule has 2 atom stereocenters. The molecular formula is C16H22ClNO2. The third-order valence-electron chi connectivity index (χ3n) is 4.18. The summed E-state index contributed by atoms with van der Waals surface area (Å²) in [7, 11) is 1.57. The van der Waals surface area contributed by atoms with Gasteiger partial charge in [-0.15, -0.1) is 0 Å². The van der Waals surface area contributed by atoms with Gasteiger partial charge < -0.3 is 4.74 Å². The quantitative estimate of drug-likeness (QED) is 0.792. The predicted molar refractivity (Wildman–Crippen MR) is 81.8 cm³/mol. The maximum Gasteiger partial charge on any atom is 0.176 e. The third-order valence-corrected chi connectivity index (χ3v) is 4.47. The summed E-state index contributed by atoms with van der Waals surface area (Å²) in [6, 6.07) is 6.17. The first kappa shape index (κ1) is 15.3. The largest absolute Gasteiger partial charge is 0.495 e. The summed E-state index contributed by atoms with van der Waals surface area (Å²) in [6.07, 6.45) is 3.59. The van der Waals surface area contributed by atoms with Gasteiger partial charge in [-0.3, -0.25) is 9.69 Å². The molecule has 110 valence electrons. The highest BCUT2D eigenvalue weighted by Crippen LogP contribution is 2.26. The molecule has 3 nitrogen and oxygen atoms in total. The SMILES string of the molecule is COc1ccc(C(=O)CN2C(C)CCCC2C)cc1Cl. The number of nitrogens with zero attached hydrogens (tertiary/aromatic N) is 1. The molecule has 1 aliphatic rings. The number of hydrogen-bond acceptors (Lipinski definition) is 3. The number of Topliss-reactive ketones (excluding diaryl/α,β-unsaturated/α-hetero) is 1. The number of ether oxygens (including phenoxy) is 1. The van der Waals surface area contributed by atoms with E-state index in [1.807, 2.05) is 0 Å². The molecule has 1 heterocycles. The summed E-state index contributed by atoms with van der Waals surface area (Å²) < 4.78 is 5.11. The molecule has 4 heteroatoms. The molecule has 1 aliphatic heterocycles. The Balaban J connectivity index is 2.09. The maximum atomic E-state index is 12.4. The highest BCUT2D eigenvalue weighted by molar-refractivity contribution is 6.32. The van der Waals surface area contributed by atoms with Gasteiger partial charge in [0.05, 0.1) is 18.7 Å². The van der Waals surface area contributed by atoms with E-state index in [1.165, 1.54) is 19.3 Å². The van der Waals surface area contributed by atoms with Gasteiger partial charge in [-0.1, -0.05) is 18.0 Å². The standard InChI is InChI=1S/C16H22ClNO2/c1-11-5-4-6-12(2)18(11)10-15(19)13-7-8-16(20-3)14(17)9-13/h7-9,11-12H,4-6,10H2,1-3H3. The number of likely N-dealkylation sites (tertiary alicyclic amines) is 1. The summed E-state index contributed by atoms with van der Waals surface area (Å²) in [6.45, 7) is 4.86. The highest BCUT2D eigenvalue weighted by Gasteiger charge is 2.26. The van der Waals surface area contributed by atoms with Crippen LogP contribution in [-0.4, -0.2) is 36.4 Å². The zero-order valence-corrected chi connectivity index (χ0v) is 13.1. The van der Waals surface area contributed by atoms with E-state index in [1.54, 1.807) is 25.3 Å². The Labute approximate surface area is 125 Å². The lowest BCUT2D eigenvalue weighted by molar-refractivity contribution is 0.0734. The zero-order chi connectivity index (χ0) is 14.7. The first-order valence-electron chi connectivity index (χ1n) is 7.15. The molecule has 1 aromatic rings. The lowest BCUT2D eigenvalue weighted by Gasteiger charge is -2.38. The smallest absolute Gasteiger partial charge is 0.176 e. The molecule has 0 spiro atoms. The number of piperidine rings is 1. The van der Waals surface area contributed by atoms with Crippen LogP contribution in [0.15, 0.2) is 18.2 Å². The Kier molecular flexibility index (Phi) is 5.06. The Morgan fingerprint density at radius 2 is 2.00 bits per heavy atom. The van der Waals surface area contributed by atoms with Crippen LogP contribution in [-0.2, 0) is 0 Å². The topological polar surface area (TPSA) is 29.5 Å². The predicted octanol–water partition coefficient (Wildman–Crippen LogP) is 3.79. The average Bonchev–Trinajstić information content (AvgIpc) is 2.42. The van der Waals surface area contributed by atoms with E-state index in [4.69, 9.17) is 16.3 Å². The molecule has 0 saturated carbocycles. The Hall–Kier alpha value is -1.06. The molecule has 0 N–H and O–H groups in total. The second-order valence-electron chi connectivity index (χ2n) is 5.57. The third kappa shape index (κ3) is 3.33. The fourth-order valence-corrected chi connectivity index (χ4v) is 3.14. The van der Waals surface area contributed by atoms with Crippen LogP contribution in [0.5, 0.6) is 5.75 Å². The van der Waals surface area contributed by atoms with E-state index >= 15 is 0 Å².